The van der Waals surface area contributed by atoms with E-state index in [1.54, 1.807) is 53.2 Å². The minimum atomic E-state index is -0.283. The summed E-state index contributed by atoms with van der Waals surface area (Å²) in [6, 6.07) is 18.6. The molecule has 0 aliphatic carbocycles. The van der Waals surface area contributed by atoms with Gasteiger partial charge in [-0.25, -0.2) is 9.07 Å². The van der Waals surface area contributed by atoms with E-state index in [0.717, 1.165) is 11.1 Å². The Hall–Kier alpha value is -3.74. The molecule has 6 nitrogen and oxygen atoms in total. The first kappa shape index (κ1) is 18.6. The second-order valence-corrected chi connectivity index (χ2v) is 6.51. The summed E-state index contributed by atoms with van der Waals surface area (Å²) in [6.07, 6.45) is 0. The van der Waals surface area contributed by atoms with Crippen LogP contribution in [0.15, 0.2) is 66.7 Å². The van der Waals surface area contributed by atoms with Crippen LogP contribution in [0.5, 0.6) is 5.75 Å². The third-order valence-corrected chi connectivity index (χ3v) is 4.49. The molecule has 0 atom stereocenters. The van der Waals surface area contributed by atoms with Crippen molar-refractivity contribution in [3.63, 3.8) is 0 Å². The Morgan fingerprint density at radius 1 is 1.10 bits per heavy atom. The molecule has 146 valence electrons. The molecule has 0 spiro atoms. The highest BCUT2D eigenvalue weighted by molar-refractivity contribution is 6.05. The van der Waals surface area contributed by atoms with E-state index < -0.39 is 0 Å². The number of hydrogen-bond donors (Lipinski definition) is 1. The molecule has 1 aromatic heterocycles. The maximum absolute atomic E-state index is 13.0. The van der Waals surface area contributed by atoms with Gasteiger partial charge in [-0.15, -0.1) is 5.10 Å². The standard InChI is InChI=1S/C22H19FN4O2/c1-2-27-21-11-8-16(12-20(21)25-26-27)22(28)24-18-4-3-5-19(13-18)29-14-15-6-9-17(23)10-7-15/h3-13H,2,14H2,1H3,(H,24,28). The number of nitrogens with one attached hydrogen (secondary N) is 1. The molecule has 4 rings (SSSR count). The third kappa shape index (κ3) is 4.24. The molecular formula is C22H19FN4O2. The van der Waals surface area contributed by atoms with Gasteiger partial charge in [0, 0.05) is 23.9 Å². The molecule has 29 heavy (non-hydrogen) atoms. The highest BCUT2D eigenvalue weighted by Gasteiger charge is 2.10. The van der Waals surface area contributed by atoms with Crippen molar-refractivity contribution < 1.29 is 13.9 Å². The van der Waals surface area contributed by atoms with Crippen LogP contribution >= 0.6 is 0 Å². The number of amides is 1. The Labute approximate surface area is 166 Å². The SMILES string of the molecule is CCn1nnc2cc(C(=O)Nc3cccc(OCc4ccc(F)cc4)c3)ccc21. The van der Waals surface area contributed by atoms with Gasteiger partial charge in [0.25, 0.3) is 5.91 Å². The minimum absolute atomic E-state index is 0.242. The van der Waals surface area contributed by atoms with Crippen LogP contribution < -0.4 is 10.1 Å². The summed E-state index contributed by atoms with van der Waals surface area (Å²) in [6.45, 7) is 3.01. The number of carbonyl (C=O) groups is 1. The van der Waals surface area contributed by atoms with Crippen LogP contribution in [0.4, 0.5) is 10.1 Å². The van der Waals surface area contributed by atoms with E-state index in [-0.39, 0.29) is 11.7 Å². The van der Waals surface area contributed by atoms with Gasteiger partial charge in [0.2, 0.25) is 0 Å². The van der Waals surface area contributed by atoms with Crippen molar-refractivity contribution in [2.75, 3.05) is 5.32 Å². The van der Waals surface area contributed by atoms with Gasteiger partial charge in [-0.05, 0) is 55.0 Å². The number of aryl methyl sites for hydroxylation is 1. The molecule has 1 heterocycles. The maximum Gasteiger partial charge on any atom is 0.255 e. The molecule has 0 radical (unpaired) electrons. The molecule has 0 unspecified atom stereocenters. The number of carbonyl (C=O) groups excluding carboxylic acids is 1. The van der Waals surface area contributed by atoms with E-state index in [9.17, 15) is 9.18 Å². The Morgan fingerprint density at radius 2 is 1.93 bits per heavy atom. The fraction of sp³-hybridized carbons (Fsp3) is 0.136. The highest BCUT2D eigenvalue weighted by Crippen LogP contribution is 2.20. The fourth-order valence-electron chi connectivity index (χ4n) is 2.96. The van der Waals surface area contributed by atoms with E-state index in [1.165, 1.54) is 12.1 Å². The first-order chi connectivity index (χ1) is 14.1. The van der Waals surface area contributed by atoms with Gasteiger partial charge in [0.15, 0.2) is 0 Å². The fourth-order valence-corrected chi connectivity index (χ4v) is 2.96. The molecule has 0 aliphatic heterocycles. The largest absolute Gasteiger partial charge is 0.489 e. The van der Waals surface area contributed by atoms with Crippen molar-refractivity contribution in [1.29, 1.82) is 0 Å². The van der Waals surface area contributed by atoms with E-state index in [2.05, 4.69) is 15.6 Å². The van der Waals surface area contributed by atoms with E-state index in [4.69, 9.17) is 4.74 Å². The Morgan fingerprint density at radius 3 is 2.72 bits per heavy atom. The number of ether oxygens (including phenoxy) is 1. The number of aromatic nitrogens is 3. The summed E-state index contributed by atoms with van der Waals surface area (Å²) in [5, 5.41) is 11.0. The number of hydrogen-bond acceptors (Lipinski definition) is 4. The average Bonchev–Trinajstić information content (AvgIpc) is 3.16. The van der Waals surface area contributed by atoms with Crippen molar-refractivity contribution in [2.45, 2.75) is 20.1 Å². The van der Waals surface area contributed by atoms with Crippen molar-refractivity contribution in [2.24, 2.45) is 0 Å². The predicted octanol–water partition coefficient (Wildman–Crippen LogP) is 4.42. The maximum atomic E-state index is 13.0. The smallest absolute Gasteiger partial charge is 0.255 e. The molecular weight excluding hydrogens is 371 g/mol. The topological polar surface area (TPSA) is 69.0 Å². The summed E-state index contributed by atoms with van der Waals surface area (Å²) in [4.78, 5) is 12.6. The average molecular weight is 390 g/mol. The van der Waals surface area contributed by atoms with Crippen molar-refractivity contribution >= 4 is 22.6 Å². The summed E-state index contributed by atoms with van der Waals surface area (Å²) in [5.41, 5.74) is 3.53. The van der Waals surface area contributed by atoms with Gasteiger partial charge < -0.3 is 10.1 Å². The van der Waals surface area contributed by atoms with Crippen molar-refractivity contribution in [1.82, 2.24) is 15.0 Å². The van der Waals surface area contributed by atoms with Crippen LogP contribution in [0.25, 0.3) is 11.0 Å². The zero-order valence-corrected chi connectivity index (χ0v) is 15.8. The third-order valence-electron chi connectivity index (χ3n) is 4.49. The van der Waals surface area contributed by atoms with Gasteiger partial charge in [0.05, 0.1) is 5.52 Å². The van der Waals surface area contributed by atoms with Gasteiger partial charge in [-0.1, -0.05) is 23.4 Å². The van der Waals surface area contributed by atoms with Crippen LogP contribution in [0, 0.1) is 5.82 Å². The molecule has 0 bridgehead atoms. The van der Waals surface area contributed by atoms with Crippen LogP contribution in [0.2, 0.25) is 0 Å². The van der Waals surface area contributed by atoms with Gasteiger partial charge >= 0.3 is 0 Å². The van der Waals surface area contributed by atoms with Gasteiger partial charge in [-0.3, -0.25) is 4.79 Å². The Kier molecular flexibility index (Phi) is 5.20. The van der Waals surface area contributed by atoms with E-state index in [1.807, 2.05) is 13.0 Å². The second-order valence-electron chi connectivity index (χ2n) is 6.51. The molecule has 0 saturated heterocycles. The number of benzene rings is 3. The minimum Gasteiger partial charge on any atom is -0.489 e. The second kappa shape index (κ2) is 8.10. The molecule has 4 aromatic rings. The van der Waals surface area contributed by atoms with Crippen molar-refractivity contribution in [3.8, 4) is 5.75 Å². The first-order valence-electron chi connectivity index (χ1n) is 9.24. The molecule has 0 saturated carbocycles. The zero-order valence-electron chi connectivity index (χ0n) is 15.8. The number of rotatable bonds is 6. The molecule has 3 aromatic carbocycles. The van der Waals surface area contributed by atoms with E-state index in [0.29, 0.717) is 35.7 Å². The number of halogens is 1. The molecule has 0 aliphatic rings. The Balaban J connectivity index is 1.44. The molecule has 1 amide bonds. The Bertz CT molecular complexity index is 1160. The summed E-state index contributed by atoms with van der Waals surface area (Å²) in [5.74, 6) is 0.0796. The summed E-state index contributed by atoms with van der Waals surface area (Å²) >= 11 is 0. The lowest BCUT2D eigenvalue weighted by atomic mass is 10.1. The predicted molar refractivity (Wildman–Crippen MR) is 108 cm³/mol. The molecule has 1 N–H and O–H groups in total. The number of fused-ring (bicyclic) bond motifs is 1. The monoisotopic (exact) mass is 390 g/mol. The summed E-state index contributed by atoms with van der Waals surface area (Å²) in [7, 11) is 0. The lowest BCUT2D eigenvalue weighted by Gasteiger charge is -2.09. The van der Waals surface area contributed by atoms with Crippen LogP contribution in [-0.4, -0.2) is 20.9 Å². The van der Waals surface area contributed by atoms with Gasteiger partial charge in [0.1, 0.15) is 23.7 Å². The number of anilines is 1. The normalized spacial score (nSPS) is 10.8. The zero-order chi connectivity index (χ0) is 20.2. The summed E-state index contributed by atoms with van der Waals surface area (Å²) < 4.78 is 20.5. The van der Waals surface area contributed by atoms with Crippen LogP contribution in [-0.2, 0) is 13.2 Å². The quantitative estimate of drug-likeness (QED) is 0.529. The highest BCUT2D eigenvalue weighted by atomic mass is 19.1. The van der Waals surface area contributed by atoms with Crippen molar-refractivity contribution in [3.05, 3.63) is 83.7 Å². The first-order valence-corrected chi connectivity index (χ1v) is 9.24. The van der Waals surface area contributed by atoms with Crippen LogP contribution in [0.1, 0.15) is 22.8 Å². The van der Waals surface area contributed by atoms with Gasteiger partial charge in [-0.2, -0.15) is 0 Å². The molecule has 0 fully saturated rings. The lowest BCUT2D eigenvalue weighted by Crippen LogP contribution is -2.12. The molecule has 7 heteroatoms. The number of nitrogens with zero attached hydrogens (tertiary/aromatic N) is 3. The van der Waals surface area contributed by atoms with Crippen LogP contribution in [0.3, 0.4) is 0 Å². The van der Waals surface area contributed by atoms with E-state index >= 15 is 0 Å². The lowest BCUT2D eigenvalue weighted by molar-refractivity contribution is 0.102.